The van der Waals surface area contributed by atoms with Crippen molar-refractivity contribution >= 4 is 47.9 Å². The highest BCUT2D eigenvalue weighted by Gasteiger charge is 2.33. The molecule has 7 aromatic rings. The summed E-state index contributed by atoms with van der Waals surface area (Å²) in [6.07, 6.45) is 0. The molecule has 3 heteroatoms. The Morgan fingerprint density at radius 2 is 0.949 bits per heavy atom. The normalized spacial score (nSPS) is 12.1. The zero-order chi connectivity index (χ0) is 26.2. The first-order chi connectivity index (χ1) is 19.2. The van der Waals surface area contributed by atoms with Crippen LogP contribution in [0.5, 0.6) is 0 Å². The van der Waals surface area contributed by atoms with E-state index in [0.29, 0.717) is 0 Å². The molecule has 0 aliphatic heterocycles. The maximum absolute atomic E-state index is 6.38. The lowest BCUT2D eigenvalue weighted by atomic mass is 10.0. The molecule has 0 fully saturated rings. The molecule has 188 valence electrons. The highest BCUT2D eigenvalue weighted by molar-refractivity contribution is 9.10. The lowest BCUT2D eigenvalue weighted by Gasteiger charge is -2.42. The number of hydrogen-bond donors (Lipinski definition) is 0. The van der Waals surface area contributed by atoms with Gasteiger partial charge < -0.3 is 4.42 Å². The molecule has 0 radical (unpaired) electrons. The van der Waals surface area contributed by atoms with Gasteiger partial charge in [-0.3, -0.25) is 0 Å². The number of fused-ring (bicyclic) bond motifs is 3. The third kappa shape index (κ3) is 4.01. The Kier molecular flexibility index (Phi) is 6.11. The molecule has 1 aromatic heterocycles. The van der Waals surface area contributed by atoms with Crippen LogP contribution in [0.15, 0.2) is 180 Å². The van der Waals surface area contributed by atoms with E-state index in [0.717, 1.165) is 37.5 Å². The molecule has 0 N–H and O–H groups in total. The van der Waals surface area contributed by atoms with E-state index in [1.165, 1.54) is 19.6 Å². The summed E-state index contributed by atoms with van der Waals surface area (Å²) in [5, 5.41) is 2.25. The summed E-state index contributed by atoms with van der Waals surface area (Å²) < 4.78 is 7.42. The van der Waals surface area contributed by atoms with E-state index in [1.54, 1.807) is 0 Å². The van der Waals surface area contributed by atoms with E-state index in [2.05, 4.69) is 155 Å². The monoisotopic (exact) mass is 584 g/mol. The van der Waals surface area contributed by atoms with Gasteiger partial charge in [0.05, 0.1) is 0 Å². The van der Waals surface area contributed by atoms with Gasteiger partial charge in [-0.15, -0.1) is 10.0 Å². The highest BCUT2D eigenvalue weighted by Crippen LogP contribution is 2.73. The minimum absolute atomic E-state index is 0.907. The number of rotatable bonds is 5. The fourth-order valence-electron chi connectivity index (χ4n) is 5.54. The highest BCUT2D eigenvalue weighted by atomic mass is 79.9. The van der Waals surface area contributed by atoms with Gasteiger partial charge in [0.2, 0.25) is 0 Å². The largest absolute Gasteiger partial charge is 0.455 e. The van der Waals surface area contributed by atoms with E-state index < -0.39 is 10.0 Å². The van der Waals surface area contributed by atoms with E-state index in [1.807, 2.05) is 12.1 Å². The van der Waals surface area contributed by atoms with Crippen molar-refractivity contribution in [1.29, 1.82) is 0 Å². The third-order valence-electron chi connectivity index (χ3n) is 7.25. The quantitative estimate of drug-likeness (QED) is 0.196. The van der Waals surface area contributed by atoms with E-state index in [4.69, 9.17) is 4.42 Å². The molecule has 1 nitrogen and oxygen atoms in total. The minimum atomic E-state index is -1.71. The van der Waals surface area contributed by atoms with Gasteiger partial charge in [-0.05, 0) is 72.3 Å². The molecule has 0 bridgehead atoms. The van der Waals surface area contributed by atoms with Crippen LogP contribution in [0.2, 0.25) is 0 Å². The summed E-state index contributed by atoms with van der Waals surface area (Å²) >= 11 is 3.75. The third-order valence-corrected chi connectivity index (χ3v) is 11.6. The SMILES string of the molecule is Brc1cc(-c2ccc(S(c3ccccc3)(c3ccccc3)c3ccccc3)cc2)c2oc3ccccc3c2c1. The van der Waals surface area contributed by atoms with E-state index in [9.17, 15) is 0 Å². The number of benzene rings is 6. The van der Waals surface area contributed by atoms with Crippen molar-refractivity contribution in [2.24, 2.45) is 0 Å². The Bertz CT molecular complexity index is 1800. The molecule has 7 rings (SSSR count). The van der Waals surface area contributed by atoms with Crippen molar-refractivity contribution in [2.45, 2.75) is 19.6 Å². The minimum Gasteiger partial charge on any atom is -0.455 e. The van der Waals surface area contributed by atoms with E-state index >= 15 is 0 Å². The molecule has 39 heavy (non-hydrogen) atoms. The van der Waals surface area contributed by atoms with Crippen LogP contribution in [0.1, 0.15) is 0 Å². The van der Waals surface area contributed by atoms with Crippen molar-refractivity contribution in [2.75, 3.05) is 0 Å². The van der Waals surface area contributed by atoms with Gasteiger partial charge in [0.15, 0.2) is 0 Å². The van der Waals surface area contributed by atoms with Crippen LogP contribution in [-0.4, -0.2) is 0 Å². The molecular formula is C36H25BrOS. The first-order valence-corrected chi connectivity index (χ1v) is 15.4. The Labute approximate surface area is 238 Å². The predicted octanol–water partition coefficient (Wildman–Crippen LogP) is 11.4. The van der Waals surface area contributed by atoms with Crippen LogP contribution in [0.3, 0.4) is 0 Å². The second-order valence-corrected chi connectivity index (χ2v) is 13.5. The molecule has 0 spiro atoms. The molecule has 0 amide bonds. The van der Waals surface area contributed by atoms with Crippen LogP contribution in [0, 0.1) is 0 Å². The number of hydrogen-bond acceptors (Lipinski definition) is 1. The molecule has 0 aliphatic rings. The summed E-state index contributed by atoms with van der Waals surface area (Å²) in [6.45, 7) is 0. The number of halogens is 1. The molecule has 0 saturated carbocycles. The summed E-state index contributed by atoms with van der Waals surface area (Å²) in [7, 11) is -1.71. The fraction of sp³-hybridized carbons (Fsp3) is 0. The lowest BCUT2D eigenvalue weighted by Crippen LogP contribution is -2.05. The van der Waals surface area contributed by atoms with Crippen molar-refractivity contribution < 1.29 is 4.42 Å². The van der Waals surface area contributed by atoms with Crippen LogP contribution in [0.4, 0.5) is 0 Å². The van der Waals surface area contributed by atoms with Gasteiger partial charge in [-0.1, -0.05) is 101 Å². The van der Waals surface area contributed by atoms with Gasteiger partial charge >= 0.3 is 0 Å². The fourth-order valence-corrected chi connectivity index (χ4v) is 9.87. The average molecular weight is 586 g/mol. The zero-order valence-corrected chi connectivity index (χ0v) is 23.5. The smallest absolute Gasteiger partial charge is 0.143 e. The zero-order valence-electron chi connectivity index (χ0n) is 21.1. The standard InChI is InChI=1S/C36H25BrOS/c37-27-24-33(36-34(25-27)32-18-10-11-19-35(32)38-36)26-20-22-31(23-21-26)39(28-12-4-1-5-13-28,29-14-6-2-7-15-29)30-16-8-3-9-17-30/h1-25H. The molecular weight excluding hydrogens is 560 g/mol. The van der Waals surface area contributed by atoms with Crippen LogP contribution in [-0.2, 0) is 0 Å². The molecule has 0 atom stereocenters. The summed E-state index contributed by atoms with van der Waals surface area (Å²) in [5.41, 5.74) is 4.04. The first kappa shape index (κ1) is 24.0. The van der Waals surface area contributed by atoms with Crippen LogP contribution < -0.4 is 0 Å². The maximum atomic E-state index is 6.38. The van der Waals surface area contributed by atoms with Gasteiger partial charge in [0.25, 0.3) is 0 Å². The Morgan fingerprint density at radius 1 is 0.462 bits per heavy atom. The number of furan rings is 1. The van der Waals surface area contributed by atoms with Crippen molar-refractivity contribution in [3.05, 3.63) is 156 Å². The summed E-state index contributed by atoms with van der Waals surface area (Å²) in [5.74, 6) is 0. The Balaban J connectivity index is 1.47. The number of para-hydroxylation sites is 1. The molecule has 0 unspecified atom stereocenters. The second-order valence-electron chi connectivity index (χ2n) is 9.50. The van der Waals surface area contributed by atoms with Crippen molar-refractivity contribution in [1.82, 2.24) is 0 Å². The first-order valence-electron chi connectivity index (χ1n) is 12.9. The van der Waals surface area contributed by atoms with Crippen molar-refractivity contribution in [3.8, 4) is 11.1 Å². The lowest BCUT2D eigenvalue weighted by molar-refractivity contribution is 0.670. The van der Waals surface area contributed by atoms with Gasteiger partial charge in [0, 0.05) is 40.4 Å². The van der Waals surface area contributed by atoms with Crippen molar-refractivity contribution in [3.63, 3.8) is 0 Å². The topological polar surface area (TPSA) is 13.1 Å². The average Bonchev–Trinajstić information content (AvgIpc) is 3.38. The Morgan fingerprint density at radius 3 is 1.51 bits per heavy atom. The molecule has 1 heterocycles. The van der Waals surface area contributed by atoms with Crippen LogP contribution >= 0.6 is 26.0 Å². The predicted molar refractivity (Wildman–Crippen MR) is 167 cm³/mol. The maximum Gasteiger partial charge on any atom is 0.143 e. The summed E-state index contributed by atoms with van der Waals surface area (Å²) in [4.78, 5) is 5.25. The molecule has 0 aliphatic carbocycles. The summed E-state index contributed by atoms with van der Waals surface area (Å²) in [6, 6.07) is 54.5. The van der Waals surface area contributed by atoms with Gasteiger partial charge in [-0.25, -0.2) is 0 Å². The Hall–Kier alpha value is -4.05. The van der Waals surface area contributed by atoms with Gasteiger partial charge in [0.1, 0.15) is 11.2 Å². The van der Waals surface area contributed by atoms with Gasteiger partial charge in [-0.2, -0.15) is 0 Å². The molecule has 0 saturated heterocycles. The van der Waals surface area contributed by atoms with E-state index in [-0.39, 0.29) is 0 Å². The molecule has 6 aromatic carbocycles. The second kappa shape index (κ2) is 9.92. The van der Waals surface area contributed by atoms with Crippen LogP contribution in [0.25, 0.3) is 33.1 Å².